The molecule has 0 saturated carbocycles. The minimum absolute atomic E-state index is 0.0770. The molecule has 0 spiro atoms. The zero-order valence-electron chi connectivity index (χ0n) is 8.44. The summed E-state index contributed by atoms with van der Waals surface area (Å²) < 4.78 is 36.1. The second-order valence-electron chi connectivity index (χ2n) is 3.17. The SMILES string of the molecule is O=C(O)c1ccccc1SCC(O)C(F)(F)F. The number of hydrogen-bond acceptors (Lipinski definition) is 3. The summed E-state index contributed by atoms with van der Waals surface area (Å²) in [5.74, 6) is -1.84. The molecular formula is C10H9F3O3S. The van der Waals surface area contributed by atoms with Gasteiger partial charge < -0.3 is 10.2 Å². The maximum atomic E-state index is 12.0. The highest BCUT2D eigenvalue weighted by Gasteiger charge is 2.38. The number of rotatable bonds is 4. The third-order valence-corrected chi connectivity index (χ3v) is 3.04. The summed E-state index contributed by atoms with van der Waals surface area (Å²) >= 11 is 0.660. The summed E-state index contributed by atoms with van der Waals surface area (Å²) in [7, 11) is 0. The molecule has 0 amide bonds. The highest BCUT2D eigenvalue weighted by Crippen LogP contribution is 2.28. The van der Waals surface area contributed by atoms with E-state index in [0.717, 1.165) is 0 Å². The Labute approximate surface area is 99.3 Å². The molecule has 3 nitrogen and oxygen atoms in total. The highest BCUT2D eigenvalue weighted by atomic mass is 32.2. The van der Waals surface area contributed by atoms with Crippen LogP contribution in [-0.4, -0.2) is 34.2 Å². The van der Waals surface area contributed by atoms with Gasteiger partial charge in [-0.05, 0) is 12.1 Å². The van der Waals surface area contributed by atoms with Crippen molar-refractivity contribution in [3.05, 3.63) is 29.8 Å². The Morgan fingerprint density at radius 3 is 2.47 bits per heavy atom. The Hall–Kier alpha value is -1.21. The Bertz CT molecular complexity index is 406. The lowest BCUT2D eigenvalue weighted by molar-refractivity contribution is -0.195. The van der Waals surface area contributed by atoms with E-state index >= 15 is 0 Å². The molecule has 1 aromatic carbocycles. The van der Waals surface area contributed by atoms with Crippen LogP contribution >= 0.6 is 11.8 Å². The van der Waals surface area contributed by atoms with Crippen molar-refractivity contribution >= 4 is 17.7 Å². The molecule has 7 heteroatoms. The quantitative estimate of drug-likeness (QED) is 0.822. The minimum Gasteiger partial charge on any atom is -0.478 e. The van der Waals surface area contributed by atoms with Crippen molar-refractivity contribution in [1.29, 1.82) is 0 Å². The average Bonchev–Trinajstić information content (AvgIpc) is 2.24. The molecule has 1 rings (SSSR count). The first-order valence-electron chi connectivity index (χ1n) is 4.52. The van der Waals surface area contributed by atoms with Crippen molar-refractivity contribution in [1.82, 2.24) is 0 Å². The number of benzene rings is 1. The summed E-state index contributed by atoms with van der Waals surface area (Å²) in [5, 5.41) is 17.6. The Morgan fingerprint density at radius 1 is 1.35 bits per heavy atom. The van der Waals surface area contributed by atoms with E-state index in [4.69, 9.17) is 10.2 Å². The van der Waals surface area contributed by atoms with E-state index in [9.17, 15) is 18.0 Å². The van der Waals surface area contributed by atoms with Gasteiger partial charge in [-0.15, -0.1) is 11.8 Å². The number of hydrogen-bond donors (Lipinski definition) is 2. The zero-order valence-corrected chi connectivity index (χ0v) is 9.26. The van der Waals surface area contributed by atoms with Crippen LogP contribution < -0.4 is 0 Å². The summed E-state index contributed by atoms with van der Waals surface area (Å²) in [6.07, 6.45) is -7.15. The molecule has 0 saturated heterocycles. The summed E-state index contributed by atoms with van der Waals surface area (Å²) in [6, 6.07) is 5.70. The van der Waals surface area contributed by atoms with Crippen molar-refractivity contribution in [2.75, 3.05) is 5.75 Å². The van der Waals surface area contributed by atoms with Gasteiger partial charge in [0.2, 0.25) is 0 Å². The van der Waals surface area contributed by atoms with Crippen LogP contribution in [0.3, 0.4) is 0 Å². The zero-order chi connectivity index (χ0) is 13.1. The van der Waals surface area contributed by atoms with Crippen LogP contribution in [0.5, 0.6) is 0 Å². The normalized spacial score (nSPS) is 13.4. The smallest absolute Gasteiger partial charge is 0.415 e. The van der Waals surface area contributed by atoms with Gasteiger partial charge in [-0.1, -0.05) is 12.1 Å². The first kappa shape index (κ1) is 13.9. The number of alkyl halides is 3. The lowest BCUT2D eigenvalue weighted by Crippen LogP contribution is -2.30. The van der Waals surface area contributed by atoms with Crippen molar-refractivity contribution in [2.45, 2.75) is 17.2 Å². The minimum atomic E-state index is -4.69. The molecular weight excluding hydrogens is 257 g/mol. The fourth-order valence-electron chi connectivity index (χ4n) is 1.03. The van der Waals surface area contributed by atoms with Gasteiger partial charge in [0, 0.05) is 10.6 Å². The topological polar surface area (TPSA) is 57.5 Å². The number of halogens is 3. The molecule has 0 radical (unpaired) electrons. The fraction of sp³-hybridized carbons (Fsp3) is 0.300. The maximum absolute atomic E-state index is 12.0. The van der Waals surface area contributed by atoms with Crippen LogP contribution in [0.1, 0.15) is 10.4 Å². The number of aliphatic hydroxyl groups excluding tert-OH is 1. The number of aromatic carboxylic acids is 1. The van der Waals surface area contributed by atoms with Crippen LogP contribution in [0.2, 0.25) is 0 Å². The molecule has 0 fully saturated rings. The highest BCUT2D eigenvalue weighted by molar-refractivity contribution is 7.99. The Morgan fingerprint density at radius 2 is 1.94 bits per heavy atom. The number of carbonyl (C=O) groups is 1. The molecule has 1 atom stereocenters. The van der Waals surface area contributed by atoms with E-state index in [1.54, 1.807) is 0 Å². The van der Waals surface area contributed by atoms with Crippen LogP contribution in [0.15, 0.2) is 29.2 Å². The molecule has 17 heavy (non-hydrogen) atoms. The molecule has 1 unspecified atom stereocenters. The Balaban J connectivity index is 2.73. The van der Waals surface area contributed by atoms with Crippen LogP contribution in [-0.2, 0) is 0 Å². The second kappa shape index (κ2) is 5.42. The standard InChI is InChI=1S/C10H9F3O3S/c11-10(12,13)8(14)5-17-7-4-2-1-3-6(7)9(15)16/h1-4,8,14H,5H2,(H,15,16). The van der Waals surface area contributed by atoms with Gasteiger partial charge in [0.1, 0.15) is 0 Å². The van der Waals surface area contributed by atoms with Crippen LogP contribution in [0.4, 0.5) is 13.2 Å². The Kier molecular flexibility index (Phi) is 4.41. The van der Waals surface area contributed by atoms with E-state index in [1.807, 2.05) is 0 Å². The third-order valence-electron chi connectivity index (χ3n) is 1.89. The molecule has 0 aliphatic carbocycles. The molecule has 0 aromatic heterocycles. The van der Waals surface area contributed by atoms with Gasteiger partial charge in [0.25, 0.3) is 0 Å². The van der Waals surface area contributed by atoms with Gasteiger partial charge in [0.05, 0.1) is 5.56 Å². The second-order valence-corrected chi connectivity index (χ2v) is 4.23. The van der Waals surface area contributed by atoms with E-state index in [0.29, 0.717) is 11.8 Å². The van der Waals surface area contributed by atoms with E-state index in [-0.39, 0.29) is 10.5 Å². The lowest BCUT2D eigenvalue weighted by Gasteiger charge is -2.14. The molecule has 1 aromatic rings. The van der Waals surface area contributed by atoms with E-state index in [1.165, 1.54) is 24.3 Å². The number of carboxylic acids is 1. The fourth-order valence-corrected chi connectivity index (χ4v) is 2.04. The first-order chi connectivity index (χ1) is 7.82. The monoisotopic (exact) mass is 266 g/mol. The van der Waals surface area contributed by atoms with Gasteiger partial charge in [-0.2, -0.15) is 13.2 Å². The van der Waals surface area contributed by atoms with E-state index < -0.39 is 24.0 Å². The summed E-state index contributed by atoms with van der Waals surface area (Å²) in [4.78, 5) is 11.0. The van der Waals surface area contributed by atoms with Crippen LogP contribution in [0, 0.1) is 0 Å². The molecule has 0 bridgehead atoms. The van der Waals surface area contributed by atoms with Crippen molar-refractivity contribution in [3.8, 4) is 0 Å². The predicted octanol–water partition coefficient (Wildman–Crippen LogP) is 2.40. The third kappa shape index (κ3) is 3.94. The van der Waals surface area contributed by atoms with E-state index in [2.05, 4.69) is 0 Å². The van der Waals surface area contributed by atoms with Crippen molar-refractivity contribution in [3.63, 3.8) is 0 Å². The molecule has 94 valence electrons. The summed E-state index contributed by atoms with van der Waals surface area (Å²) in [5.41, 5.74) is -0.0770. The predicted molar refractivity (Wildman–Crippen MR) is 56.2 cm³/mol. The van der Waals surface area contributed by atoms with Gasteiger partial charge in [0.15, 0.2) is 6.10 Å². The van der Waals surface area contributed by atoms with Gasteiger partial charge in [-0.3, -0.25) is 0 Å². The van der Waals surface area contributed by atoms with Crippen molar-refractivity contribution in [2.24, 2.45) is 0 Å². The maximum Gasteiger partial charge on any atom is 0.415 e. The number of aliphatic hydroxyl groups is 1. The van der Waals surface area contributed by atoms with Gasteiger partial charge >= 0.3 is 12.1 Å². The largest absolute Gasteiger partial charge is 0.478 e. The molecule has 0 aliphatic heterocycles. The van der Waals surface area contributed by atoms with Gasteiger partial charge in [-0.25, -0.2) is 4.79 Å². The molecule has 0 heterocycles. The summed E-state index contributed by atoms with van der Waals surface area (Å²) in [6.45, 7) is 0. The molecule has 0 aliphatic rings. The van der Waals surface area contributed by atoms with Crippen molar-refractivity contribution < 1.29 is 28.2 Å². The van der Waals surface area contributed by atoms with Crippen LogP contribution in [0.25, 0.3) is 0 Å². The number of carboxylic acid groups (broad SMARTS) is 1. The number of thioether (sulfide) groups is 1. The molecule has 2 N–H and O–H groups in total. The first-order valence-corrected chi connectivity index (χ1v) is 5.51. The average molecular weight is 266 g/mol. The lowest BCUT2D eigenvalue weighted by atomic mass is 10.2.